The lowest BCUT2D eigenvalue weighted by Gasteiger charge is -2.18. The predicted octanol–water partition coefficient (Wildman–Crippen LogP) is 1.24. The van der Waals surface area contributed by atoms with Gasteiger partial charge in [0.1, 0.15) is 6.04 Å². The van der Waals surface area contributed by atoms with Gasteiger partial charge in [-0.05, 0) is 31.0 Å². The largest absolute Gasteiger partial charge is 0.480 e. The van der Waals surface area contributed by atoms with Crippen LogP contribution >= 0.6 is 0 Å². The first-order valence-electron chi connectivity index (χ1n) is 7.83. The summed E-state index contributed by atoms with van der Waals surface area (Å²) in [6, 6.07) is 5.47. The van der Waals surface area contributed by atoms with Crippen LogP contribution in [0.2, 0.25) is 0 Å². The van der Waals surface area contributed by atoms with Crippen molar-refractivity contribution in [2.45, 2.75) is 44.6 Å². The van der Waals surface area contributed by atoms with Crippen molar-refractivity contribution < 1.29 is 23.1 Å². The first-order chi connectivity index (χ1) is 11.2. The van der Waals surface area contributed by atoms with E-state index in [2.05, 4.69) is 5.32 Å². The van der Waals surface area contributed by atoms with Gasteiger partial charge in [0.25, 0.3) is 0 Å². The highest BCUT2D eigenvalue weighted by Crippen LogP contribution is 2.16. The number of hydrogen-bond donors (Lipinski definition) is 2. The minimum Gasteiger partial charge on any atom is -0.480 e. The molecule has 0 fully saturated rings. The van der Waals surface area contributed by atoms with Gasteiger partial charge in [-0.25, -0.2) is 8.42 Å². The van der Waals surface area contributed by atoms with Crippen molar-refractivity contribution in [1.82, 2.24) is 9.62 Å². The minimum atomic E-state index is -3.49. The smallest absolute Gasteiger partial charge is 0.325 e. The number of aryl methyl sites for hydroxylation is 1. The fourth-order valence-corrected chi connectivity index (χ4v) is 3.63. The third-order valence-electron chi connectivity index (χ3n) is 3.66. The van der Waals surface area contributed by atoms with Crippen LogP contribution in [0.4, 0.5) is 0 Å². The fourth-order valence-electron chi connectivity index (χ4n) is 2.17. The van der Waals surface area contributed by atoms with Crippen LogP contribution in [0.3, 0.4) is 0 Å². The van der Waals surface area contributed by atoms with Crippen LogP contribution in [-0.2, 0) is 26.0 Å². The summed E-state index contributed by atoms with van der Waals surface area (Å²) in [4.78, 5) is 22.5. The van der Waals surface area contributed by atoms with Crippen molar-refractivity contribution in [3.8, 4) is 0 Å². The predicted molar refractivity (Wildman–Crippen MR) is 90.1 cm³/mol. The van der Waals surface area contributed by atoms with Crippen molar-refractivity contribution in [2.24, 2.45) is 0 Å². The van der Waals surface area contributed by atoms with Crippen LogP contribution in [0, 0.1) is 0 Å². The summed E-state index contributed by atoms with van der Waals surface area (Å²) in [7, 11) is -3.49. The molecule has 1 unspecified atom stereocenters. The molecule has 1 rings (SSSR count). The molecule has 0 aliphatic heterocycles. The molecule has 1 aromatic rings. The van der Waals surface area contributed by atoms with Gasteiger partial charge in [-0.15, -0.1) is 0 Å². The molecule has 0 bridgehead atoms. The van der Waals surface area contributed by atoms with Crippen molar-refractivity contribution in [1.29, 1.82) is 0 Å². The van der Waals surface area contributed by atoms with E-state index < -0.39 is 22.0 Å². The second-order valence-corrected chi connectivity index (χ2v) is 7.30. The summed E-state index contributed by atoms with van der Waals surface area (Å²) in [5.41, 5.74) is 0.812. The molecule has 1 amide bonds. The number of rotatable bonds is 9. The molecular weight excluding hydrogens is 332 g/mol. The molecule has 0 aliphatic carbocycles. The number of amides is 1. The molecule has 2 N–H and O–H groups in total. The molecule has 7 nitrogen and oxygen atoms in total. The number of carboxylic acid groups (broad SMARTS) is 1. The summed E-state index contributed by atoms with van der Waals surface area (Å²) in [5.74, 6) is -1.45. The topological polar surface area (TPSA) is 104 Å². The van der Waals surface area contributed by atoms with Gasteiger partial charge in [-0.3, -0.25) is 9.59 Å². The van der Waals surface area contributed by atoms with Crippen LogP contribution in [-0.4, -0.2) is 48.8 Å². The molecule has 0 aromatic heterocycles. The van der Waals surface area contributed by atoms with Gasteiger partial charge >= 0.3 is 5.97 Å². The Balaban J connectivity index is 2.69. The zero-order chi connectivity index (χ0) is 18.3. The number of aliphatic carboxylic acids is 1. The molecular formula is C16H24N2O5S. The third-order valence-corrected chi connectivity index (χ3v) is 5.72. The summed E-state index contributed by atoms with van der Waals surface area (Å²) in [6.45, 7) is 5.77. The second kappa shape index (κ2) is 8.79. The average Bonchev–Trinajstić information content (AvgIpc) is 2.54. The van der Waals surface area contributed by atoms with Crippen LogP contribution < -0.4 is 5.32 Å². The minimum absolute atomic E-state index is 0.139. The number of hydrogen-bond acceptors (Lipinski definition) is 4. The molecule has 8 heteroatoms. The van der Waals surface area contributed by atoms with Gasteiger partial charge in [-0.2, -0.15) is 4.31 Å². The number of carboxylic acids is 1. The highest BCUT2D eigenvalue weighted by Gasteiger charge is 2.21. The summed E-state index contributed by atoms with van der Waals surface area (Å²) in [6.07, 6.45) is 0.545. The van der Waals surface area contributed by atoms with E-state index >= 15 is 0 Å². The van der Waals surface area contributed by atoms with Crippen molar-refractivity contribution >= 4 is 21.9 Å². The highest BCUT2D eigenvalue weighted by molar-refractivity contribution is 7.89. The zero-order valence-corrected chi connectivity index (χ0v) is 15.0. The Hall–Kier alpha value is -1.93. The molecule has 0 heterocycles. The van der Waals surface area contributed by atoms with Crippen molar-refractivity contribution in [2.75, 3.05) is 13.1 Å². The Morgan fingerprint density at radius 1 is 1.17 bits per heavy atom. The number of nitrogens with one attached hydrogen (secondary N) is 1. The maximum Gasteiger partial charge on any atom is 0.325 e. The summed E-state index contributed by atoms with van der Waals surface area (Å²) >= 11 is 0. The molecule has 0 radical (unpaired) electrons. The zero-order valence-electron chi connectivity index (χ0n) is 14.2. The number of sulfonamides is 1. The maximum absolute atomic E-state index is 12.4. The number of carbonyl (C=O) groups is 2. The SMILES string of the molecule is CCN(CC)S(=O)(=O)c1ccc(CCC(=O)NC(C)C(=O)O)cc1. The highest BCUT2D eigenvalue weighted by atomic mass is 32.2. The van der Waals surface area contributed by atoms with Crippen molar-refractivity contribution in [3.63, 3.8) is 0 Å². The number of nitrogens with zero attached hydrogens (tertiary/aromatic N) is 1. The van der Waals surface area contributed by atoms with E-state index in [1.165, 1.54) is 23.4 Å². The van der Waals surface area contributed by atoms with Gasteiger partial charge in [0.2, 0.25) is 15.9 Å². The molecule has 0 spiro atoms. The van der Waals surface area contributed by atoms with E-state index in [0.717, 1.165) is 5.56 Å². The Morgan fingerprint density at radius 3 is 2.17 bits per heavy atom. The van der Waals surface area contributed by atoms with E-state index in [-0.39, 0.29) is 17.2 Å². The Bertz CT molecular complexity index is 666. The lowest BCUT2D eigenvalue weighted by atomic mass is 10.1. The lowest BCUT2D eigenvalue weighted by molar-refractivity contribution is -0.141. The Morgan fingerprint density at radius 2 is 1.71 bits per heavy atom. The van der Waals surface area contributed by atoms with E-state index in [1.807, 2.05) is 0 Å². The molecule has 0 saturated carbocycles. The molecule has 1 atom stereocenters. The van der Waals surface area contributed by atoms with Gasteiger partial charge in [0.05, 0.1) is 4.90 Å². The Labute approximate surface area is 142 Å². The monoisotopic (exact) mass is 356 g/mol. The number of benzene rings is 1. The molecule has 1 aromatic carbocycles. The second-order valence-electron chi connectivity index (χ2n) is 5.36. The van der Waals surface area contributed by atoms with E-state index in [4.69, 9.17) is 5.11 Å². The van der Waals surface area contributed by atoms with Crippen LogP contribution in [0.5, 0.6) is 0 Å². The van der Waals surface area contributed by atoms with Gasteiger partial charge in [0, 0.05) is 19.5 Å². The van der Waals surface area contributed by atoms with Crippen LogP contribution in [0.15, 0.2) is 29.2 Å². The first kappa shape index (κ1) is 20.1. The van der Waals surface area contributed by atoms with Crippen LogP contribution in [0.25, 0.3) is 0 Å². The molecule has 0 aliphatic rings. The van der Waals surface area contributed by atoms with Crippen LogP contribution in [0.1, 0.15) is 32.8 Å². The van der Waals surface area contributed by atoms with Gasteiger partial charge < -0.3 is 10.4 Å². The average molecular weight is 356 g/mol. The van der Waals surface area contributed by atoms with E-state index in [9.17, 15) is 18.0 Å². The van der Waals surface area contributed by atoms with E-state index in [1.54, 1.807) is 26.0 Å². The third kappa shape index (κ3) is 5.31. The standard InChI is InChI=1S/C16H24N2O5S/c1-4-18(5-2)24(22,23)14-9-6-13(7-10-14)8-11-15(19)17-12(3)16(20)21/h6-7,9-10,12H,4-5,8,11H2,1-3H3,(H,17,19)(H,20,21). The van der Waals surface area contributed by atoms with Gasteiger partial charge in [-0.1, -0.05) is 26.0 Å². The quantitative estimate of drug-likeness (QED) is 0.693. The summed E-state index contributed by atoms with van der Waals surface area (Å²) < 4.78 is 26.1. The summed E-state index contributed by atoms with van der Waals surface area (Å²) in [5, 5.41) is 11.1. The van der Waals surface area contributed by atoms with Crippen molar-refractivity contribution in [3.05, 3.63) is 29.8 Å². The lowest BCUT2D eigenvalue weighted by Crippen LogP contribution is -2.38. The maximum atomic E-state index is 12.4. The van der Waals surface area contributed by atoms with E-state index in [0.29, 0.717) is 19.5 Å². The fraction of sp³-hybridized carbons (Fsp3) is 0.500. The molecule has 24 heavy (non-hydrogen) atoms. The Kier molecular flexibility index (Phi) is 7.37. The normalized spacial score (nSPS) is 12.8. The molecule has 0 saturated heterocycles. The van der Waals surface area contributed by atoms with Gasteiger partial charge in [0.15, 0.2) is 0 Å². The molecule has 134 valence electrons. The number of carbonyl (C=O) groups excluding carboxylic acids is 1. The first-order valence-corrected chi connectivity index (χ1v) is 9.27.